The molecule has 0 spiro atoms. The Morgan fingerprint density at radius 3 is 1.15 bits per heavy atom. The van der Waals surface area contributed by atoms with Gasteiger partial charge in [-0.25, -0.2) is 0 Å². The molecule has 0 aromatic rings. The number of carbonyl (C=O) groups is 2. The van der Waals surface area contributed by atoms with Crippen LogP contribution < -0.4 is 21.3 Å². The molecule has 0 aliphatic heterocycles. The van der Waals surface area contributed by atoms with Gasteiger partial charge in [0.25, 0.3) is 0 Å². The Kier molecular flexibility index (Phi) is 29.0. The van der Waals surface area contributed by atoms with E-state index in [1.54, 1.807) is 0 Å². The fourth-order valence-corrected chi connectivity index (χ4v) is 5.00. The van der Waals surface area contributed by atoms with Gasteiger partial charge >= 0.3 is 0 Å². The van der Waals surface area contributed by atoms with E-state index in [0.29, 0.717) is 12.8 Å². The Hall–Kier alpha value is -1.14. The molecule has 0 bridgehead atoms. The Morgan fingerprint density at radius 1 is 0.462 bits per heavy atom. The summed E-state index contributed by atoms with van der Waals surface area (Å²) in [6.07, 6.45) is 25.4. The van der Waals surface area contributed by atoms with E-state index in [1.807, 2.05) is 0 Å². The first kappa shape index (κ1) is 37.9. The summed E-state index contributed by atoms with van der Waals surface area (Å²) in [5.74, 6) is 0.297. The summed E-state index contributed by atoms with van der Waals surface area (Å²) >= 11 is 0. The third kappa shape index (κ3) is 29.7. The third-order valence-corrected chi connectivity index (χ3v) is 7.56. The first-order valence-corrected chi connectivity index (χ1v) is 17.0. The zero-order chi connectivity index (χ0) is 28.8. The quantitative estimate of drug-likeness (QED) is 0.0700. The lowest BCUT2D eigenvalue weighted by Crippen LogP contribution is -2.35. The van der Waals surface area contributed by atoms with Crippen LogP contribution in [-0.4, -0.2) is 50.1 Å². The molecule has 6 heteroatoms. The van der Waals surface area contributed by atoms with Crippen LogP contribution in [0.2, 0.25) is 0 Å². The molecule has 2 amide bonds. The average molecular weight is 553 g/mol. The zero-order valence-electron chi connectivity index (χ0n) is 26.6. The zero-order valence-corrected chi connectivity index (χ0v) is 26.6. The van der Waals surface area contributed by atoms with Crippen LogP contribution in [0.3, 0.4) is 0 Å². The fraction of sp³-hybridized carbons (Fsp3) is 0.939. The molecule has 39 heavy (non-hydrogen) atoms. The molecular formula is C33H68N4O2. The Balaban J connectivity index is 3.45. The van der Waals surface area contributed by atoms with Gasteiger partial charge in [0, 0.05) is 38.0 Å². The molecule has 0 rings (SSSR count). The van der Waals surface area contributed by atoms with Crippen LogP contribution in [0.25, 0.3) is 0 Å². The summed E-state index contributed by atoms with van der Waals surface area (Å²) in [6.45, 7) is 12.0. The Labute approximate surface area is 243 Å². The standard InChI is InChI=1S/C33H68N4O2/c1-5-7-9-11-13-15-17-19-22-30(3)36-32(38)24-28-34-26-21-27-35-29-25-33(39)37-31(4)23-20-18-16-14-12-10-8-6-2/h30-31,34-35H,5-29H2,1-4H3,(H,36,38)(H,37,39). The summed E-state index contributed by atoms with van der Waals surface area (Å²) in [6, 6.07) is 0.541. The van der Waals surface area contributed by atoms with Crippen LogP contribution in [0.1, 0.15) is 163 Å². The van der Waals surface area contributed by atoms with Gasteiger partial charge in [-0.05, 0) is 46.2 Å². The van der Waals surface area contributed by atoms with Crippen molar-refractivity contribution in [3.8, 4) is 0 Å². The summed E-state index contributed by atoms with van der Waals surface area (Å²) in [7, 11) is 0. The Morgan fingerprint density at radius 2 is 0.795 bits per heavy atom. The van der Waals surface area contributed by atoms with E-state index in [-0.39, 0.29) is 23.9 Å². The predicted molar refractivity (Wildman–Crippen MR) is 169 cm³/mol. The highest BCUT2D eigenvalue weighted by Gasteiger charge is 2.08. The average Bonchev–Trinajstić information content (AvgIpc) is 2.90. The maximum absolute atomic E-state index is 12.1. The van der Waals surface area contributed by atoms with Crippen molar-refractivity contribution in [2.45, 2.75) is 175 Å². The first-order chi connectivity index (χ1) is 19.0. The molecule has 232 valence electrons. The summed E-state index contributed by atoms with van der Waals surface area (Å²) in [5.41, 5.74) is 0. The lowest BCUT2D eigenvalue weighted by atomic mass is 10.1. The molecular weight excluding hydrogens is 484 g/mol. The number of amides is 2. The van der Waals surface area contributed by atoms with Crippen molar-refractivity contribution in [1.82, 2.24) is 21.3 Å². The van der Waals surface area contributed by atoms with Crippen molar-refractivity contribution in [1.29, 1.82) is 0 Å². The van der Waals surface area contributed by atoms with Gasteiger partial charge in [-0.15, -0.1) is 0 Å². The van der Waals surface area contributed by atoms with E-state index in [9.17, 15) is 9.59 Å². The molecule has 4 N–H and O–H groups in total. The lowest BCUT2D eigenvalue weighted by molar-refractivity contribution is -0.122. The van der Waals surface area contributed by atoms with Crippen LogP contribution in [0, 0.1) is 0 Å². The number of carbonyl (C=O) groups excluding carboxylic acids is 2. The molecule has 0 aromatic carbocycles. The minimum atomic E-state index is 0.148. The van der Waals surface area contributed by atoms with E-state index in [2.05, 4.69) is 49.0 Å². The fourth-order valence-electron chi connectivity index (χ4n) is 5.00. The van der Waals surface area contributed by atoms with E-state index in [1.165, 1.54) is 103 Å². The molecule has 0 saturated heterocycles. The van der Waals surface area contributed by atoms with E-state index >= 15 is 0 Å². The maximum atomic E-state index is 12.1. The van der Waals surface area contributed by atoms with E-state index < -0.39 is 0 Å². The molecule has 0 aromatic heterocycles. The molecule has 6 nitrogen and oxygen atoms in total. The van der Waals surface area contributed by atoms with Crippen LogP contribution in [0.4, 0.5) is 0 Å². The van der Waals surface area contributed by atoms with Crippen LogP contribution in [0.5, 0.6) is 0 Å². The van der Waals surface area contributed by atoms with Crippen molar-refractivity contribution in [2.24, 2.45) is 0 Å². The van der Waals surface area contributed by atoms with Gasteiger partial charge in [0.15, 0.2) is 0 Å². The van der Waals surface area contributed by atoms with Crippen LogP contribution in [0.15, 0.2) is 0 Å². The molecule has 0 radical (unpaired) electrons. The first-order valence-electron chi connectivity index (χ1n) is 17.0. The van der Waals surface area contributed by atoms with Gasteiger partial charge in [-0.2, -0.15) is 0 Å². The maximum Gasteiger partial charge on any atom is 0.221 e. The van der Waals surface area contributed by atoms with Gasteiger partial charge in [0.05, 0.1) is 0 Å². The lowest BCUT2D eigenvalue weighted by Gasteiger charge is -2.14. The molecule has 2 atom stereocenters. The largest absolute Gasteiger partial charge is 0.354 e. The van der Waals surface area contributed by atoms with Crippen molar-refractivity contribution < 1.29 is 9.59 Å². The highest BCUT2D eigenvalue weighted by Crippen LogP contribution is 2.11. The number of hydrogen-bond donors (Lipinski definition) is 4. The van der Waals surface area contributed by atoms with Gasteiger partial charge in [-0.3, -0.25) is 9.59 Å². The SMILES string of the molecule is CCCCCCCCCCC(C)NC(=O)CCNCCCNCCC(=O)NC(C)CCCCCCCCCC. The molecule has 0 aliphatic carbocycles. The third-order valence-electron chi connectivity index (χ3n) is 7.56. The highest BCUT2D eigenvalue weighted by atomic mass is 16.2. The van der Waals surface area contributed by atoms with Crippen LogP contribution in [-0.2, 0) is 9.59 Å². The molecule has 0 saturated carbocycles. The molecule has 2 unspecified atom stereocenters. The second kappa shape index (κ2) is 29.8. The van der Waals surface area contributed by atoms with E-state index in [4.69, 9.17) is 0 Å². The number of nitrogens with one attached hydrogen (secondary N) is 4. The topological polar surface area (TPSA) is 82.3 Å². The van der Waals surface area contributed by atoms with Crippen LogP contribution >= 0.6 is 0 Å². The monoisotopic (exact) mass is 553 g/mol. The summed E-state index contributed by atoms with van der Waals surface area (Å²) < 4.78 is 0. The predicted octanol–water partition coefficient (Wildman–Crippen LogP) is 7.41. The number of unbranched alkanes of at least 4 members (excludes halogenated alkanes) is 14. The minimum Gasteiger partial charge on any atom is -0.354 e. The van der Waals surface area contributed by atoms with Crippen molar-refractivity contribution in [3.63, 3.8) is 0 Å². The molecule has 0 aliphatic rings. The van der Waals surface area contributed by atoms with Crippen molar-refractivity contribution >= 4 is 11.8 Å². The number of hydrogen-bond acceptors (Lipinski definition) is 4. The normalized spacial score (nSPS) is 12.8. The van der Waals surface area contributed by atoms with Gasteiger partial charge in [0.1, 0.15) is 0 Å². The second-order valence-corrected chi connectivity index (χ2v) is 11.8. The van der Waals surface area contributed by atoms with Gasteiger partial charge < -0.3 is 21.3 Å². The highest BCUT2D eigenvalue weighted by molar-refractivity contribution is 5.76. The van der Waals surface area contributed by atoms with Gasteiger partial charge in [0.2, 0.25) is 11.8 Å². The molecule has 0 heterocycles. The van der Waals surface area contributed by atoms with Crippen molar-refractivity contribution in [2.75, 3.05) is 26.2 Å². The van der Waals surface area contributed by atoms with Crippen molar-refractivity contribution in [3.05, 3.63) is 0 Å². The van der Waals surface area contributed by atoms with E-state index in [0.717, 1.165) is 45.4 Å². The van der Waals surface area contributed by atoms with Gasteiger partial charge in [-0.1, -0.05) is 117 Å². The molecule has 0 fully saturated rings. The second-order valence-electron chi connectivity index (χ2n) is 11.8. The summed E-state index contributed by atoms with van der Waals surface area (Å²) in [5, 5.41) is 13.0. The Bertz CT molecular complexity index is 498. The summed E-state index contributed by atoms with van der Waals surface area (Å²) in [4.78, 5) is 24.3. The minimum absolute atomic E-state index is 0.148. The smallest absolute Gasteiger partial charge is 0.221 e. The number of rotatable bonds is 30.